The van der Waals surface area contributed by atoms with Crippen molar-refractivity contribution in [1.82, 2.24) is 15.1 Å². The molecule has 25 heavy (non-hydrogen) atoms. The summed E-state index contributed by atoms with van der Waals surface area (Å²) in [4.78, 5) is 2.47. The summed E-state index contributed by atoms with van der Waals surface area (Å²) in [6, 6.07) is 7.06. The first-order chi connectivity index (χ1) is 12.2. The average Bonchev–Trinajstić information content (AvgIpc) is 3.43. The van der Waals surface area contributed by atoms with Gasteiger partial charge in [-0.1, -0.05) is 6.07 Å². The molecule has 0 spiro atoms. The minimum absolute atomic E-state index is 0.145. The van der Waals surface area contributed by atoms with E-state index >= 15 is 0 Å². The van der Waals surface area contributed by atoms with Gasteiger partial charge in [-0.25, -0.2) is 8.78 Å². The number of hydrogen-bond donors (Lipinski definition) is 1. The molecule has 5 nitrogen and oxygen atoms in total. The molecular formula is C18H20F2N4O. The molecule has 0 atom stereocenters. The number of aromatic nitrogens is 2. The van der Waals surface area contributed by atoms with E-state index in [1.165, 1.54) is 18.2 Å². The van der Waals surface area contributed by atoms with Crippen molar-refractivity contribution in [2.24, 2.45) is 0 Å². The highest BCUT2D eigenvalue weighted by atomic mass is 19.1. The second-order valence-corrected chi connectivity index (χ2v) is 6.58. The van der Waals surface area contributed by atoms with Crippen LogP contribution < -0.4 is 5.32 Å². The highest BCUT2D eigenvalue weighted by molar-refractivity contribution is 5.61. The molecule has 1 N–H and O–H groups in total. The third-order valence-electron chi connectivity index (χ3n) is 4.99. The van der Waals surface area contributed by atoms with Gasteiger partial charge in [-0.05, 0) is 37.1 Å². The Labute approximate surface area is 145 Å². The molecule has 2 heterocycles. The predicted molar refractivity (Wildman–Crippen MR) is 90.2 cm³/mol. The van der Waals surface area contributed by atoms with Gasteiger partial charge in [0.15, 0.2) is 0 Å². The smallest absolute Gasteiger partial charge is 0.148 e. The van der Waals surface area contributed by atoms with Crippen molar-refractivity contribution in [3.63, 3.8) is 0 Å². The van der Waals surface area contributed by atoms with Crippen LogP contribution in [-0.2, 0) is 4.74 Å². The Kier molecular flexibility index (Phi) is 4.35. The Morgan fingerprint density at radius 1 is 1.04 bits per heavy atom. The van der Waals surface area contributed by atoms with Gasteiger partial charge in [-0.15, -0.1) is 10.2 Å². The maximum Gasteiger partial charge on any atom is 0.148 e. The van der Waals surface area contributed by atoms with Crippen LogP contribution in [-0.4, -0.2) is 53.5 Å². The van der Waals surface area contributed by atoms with Crippen LogP contribution in [0.4, 0.5) is 14.6 Å². The van der Waals surface area contributed by atoms with Gasteiger partial charge in [-0.2, -0.15) is 0 Å². The first-order valence-electron chi connectivity index (χ1n) is 8.53. The van der Waals surface area contributed by atoms with Gasteiger partial charge in [0.2, 0.25) is 0 Å². The molecule has 0 unspecified atom stereocenters. The maximum atomic E-state index is 13.8. The third-order valence-corrected chi connectivity index (χ3v) is 4.99. The van der Waals surface area contributed by atoms with E-state index in [2.05, 4.69) is 20.4 Å². The Balaban J connectivity index is 1.43. The number of halogens is 2. The van der Waals surface area contributed by atoms with Gasteiger partial charge in [0.1, 0.15) is 17.5 Å². The number of hydrogen-bond acceptors (Lipinski definition) is 5. The fourth-order valence-electron chi connectivity index (χ4n) is 3.34. The van der Waals surface area contributed by atoms with Crippen LogP contribution in [0.25, 0.3) is 11.3 Å². The zero-order chi connectivity index (χ0) is 17.3. The molecule has 1 aliphatic heterocycles. The van der Waals surface area contributed by atoms with E-state index in [-0.39, 0.29) is 16.8 Å². The highest BCUT2D eigenvalue weighted by Crippen LogP contribution is 2.42. The molecule has 2 aliphatic rings. The highest BCUT2D eigenvalue weighted by Gasteiger charge is 2.47. The van der Waals surface area contributed by atoms with Crippen LogP contribution >= 0.6 is 0 Å². The van der Waals surface area contributed by atoms with Crippen LogP contribution in [0, 0.1) is 11.6 Å². The number of anilines is 1. The van der Waals surface area contributed by atoms with Crippen LogP contribution in [0.5, 0.6) is 0 Å². The average molecular weight is 346 g/mol. The summed E-state index contributed by atoms with van der Waals surface area (Å²) in [7, 11) is 0. The Hall–Kier alpha value is -2.12. The lowest BCUT2D eigenvalue weighted by atomic mass is 10.1. The molecule has 0 bridgehead atoms. The number of morpholine rings is 1. The van der Waals surface area contributed by atoms with Gasteiger partial charge in [0.25, 0.3) is 0 Å². The van der Waals surface area contributed by atoms with Crippen molar-refractivity contribution in [2.75, 3.05) is 38.2 Å². The number of nitrogens with one attached hydrogen (secondary N) is 1. The van der Waals surface area contributed by atoms with Gasteiger partial charge >= 0.3 is 0 Å². The topological polar surface area (TPSA) is 50.3 Å². The molecule has 1 saturated heterocycles. The first-order valence-corrected chi connectivity index (χ1v) is 8.53. The van der Waals surface area contributed by atoms with Crippen LogP contribution in [0.15, 0.2) is 30.3 Å². The van der Waals surface area contributed by atoms with Gasteiger partial charge in [0.05, 0.1) is 24.5 Å². The van der Waals surface area contributed by atoms with E-state index in [4.69, 9.17) is 4.74 Å². The van der Waals surface area contributed by atoms with Crippen molar-refractivity contribution < 1.29 is 13.5 Å². The Bertz CT molecular complexity index is 723. The van der Waals surface area contributed by atoms with Crippen molar-refractivity contribution in [1.29, 1.82) is 0 Å². The van der Waals surface area contributed by atoms with E-state index in [9.17, 15) is 8.78 Å². The lowest BCUT2D eigenvalue weighted by Gasteiger charge is -2.35. The van der Waals surface area contributed by atoms with Crippen molar-refractivity contribution in [3.05, 3.63) is 42.0 Å². The summed E-state index contributed by atoms with van der Waals surface area (Å²) < 4.78 is 33.0. The molecule has 132 valence electrons. The molecule has 1 aromatic carbocycles. The second kappa shape index (κ2) is 6.65. The van der Waals surface area contributed by atoms with Crippen LogP contribution in [0.2, 0.25) is 0 Å². The standard InChI is InChI=1S/C18H20F2N4O/c19-13-2-1-3-14(20)17(13)15-4-5-16(23-22-15)21-12-18(6-7-18)24-8-10-25-11-9-24/h1-5H,6-12H2,(H,21,23). The number of ether oxygens (including phenoxy) is 1. The summed E-state index contributed by atoms with van der Waals surface area (Å²) in [6.45, 7) is 4.27. The maximum absolute atomic E-state index is 13.8. The SMILES string of the molecule is Fc1cccc(F)c1-c1ccc(NCC2(N3CCOCC3)CC2)nn1. The largest absolute Gasteiger partial charge is 0.379 e. The van der Waals surface area contributed by atoms with E-state index in [1.54, 1.807) is 12.1 Å². The Morgan fingerprint density at radius 2 is 1.76 bits per heavy atom. The minimum Gasteiger partial charge on any atom is -0.379 e. The molecule has 1 aliphatic carbocycles. The van der Waals surface area contributed by atoms with E-state index in [0.717, 1.165) is 45.7 Å². The fourth-order valence-corrected chi connectivity index (χ4v) is 3.34. The van der Waals surface area contributed by atoms with Crippen molar-refractivity contribution in [3.8, 4) is 11.3 Å². The Morgan fingerprint density at radius 3 is 2.36 bits per heavy atom. The molecule has 0 amide bonds. The minimum atomic E-state index is -0.640. The molecular weight excluding hydrogens is 326 g/mol. The fraction of sp³-hybridized carbons (Fsp3) is 0.444. The van der Waals surface area contributed by atoms with E-state index in [1.807, 2.05) is 0 Å². The van der Waals surface area contributed by atoms with Crippen LogP contribution in [0.3, 0.4) is 0 Å². The quantitative estimate of drug-likeness (QED) is 0.902. The molecule has 1 saturated carbocycles. The number of nitrogens with zero attached hydrogens (tertiary/aromatic N) is 3. The van der Waals surface area contributed by atoms with Gasteiger partial charge in [0, 0.05) is 25.2 Å². The number of benzene rings is 1. The monoisotopic (exact) mass is 346 g/mol. The van der Waals surface area contributed by atoms with Crippen molar-refractivity contribution in [2.45, 2.75) is 18.4 Å². The summed E-state index contributed by atoms with van der Waals surface area (Å²) >= 11 is 0. The van der Waals surface area contributed by atoms with Gasteiger partial charge in [-0.3, -0.25) is 4.90 Å². The van der Waals surface area contributed by atoms with Gasteiger partial charge < -0.3 is 10.1 Å². The van der Waals surface area contributed by atoms with E-state index in [0.29, 0.717) is 5.82 Å². The lowest BCUT2D eigenvalue weighted by molar-refractivity contribution is 0.0125. The predicted octanol–water partition coefficient (Wildman–Crippen LogP) is 2.70. The molecule has 4 rings (SSSR count). The zero-order valence-electron chi connectivity index (χ0n) is 13.8. The van der Waals surface area contributed by atoms with E-state index < -0.39 is 11.6 Å². The molecule has 1 aromatic heterocycles. The normalized spacial score (nSPS) is 19.6. The summed E-state index contributed by atoms with van der Waals surface area (Å²) in [6.07, 6.45) is 2.32. The molecule has 0 radical (unpaired) electrons. The summed E-state index contributed by atoms with van der Waals surface area (Å²) in [5, 5.41) is 11.4. The second-order valence-electron chi connectivity index (χ2n) is 6.58. The van der Waals surface area contributed by atoms with Crippen LogP contribution in [0.1, 0.15) is 12.8 Å². The molecule has 7 heteroatoms. The molecule has 2 aromatic rings. The summed E-state index contributed by atoms with van der Waals surface area (Å²) in [5.41, 5.74) is 0.228. The molecule has 2 fully saturated rings. The summed E-state index contributed by atoms with van der Waals surface area (Å²) in [5.74, 6) is -0.668. The third kappa shape index (κ3) is 3.34. The number of rotatable bonds is 5. The first kappa shape index (κ1) is 16.4. The van der Waals surface area contributed by atoms with Crippen molar-refractivity contribution >= 4 is 5.82 Å². The zero-order valence-corrected chi connectivity index (χ0v) is 13.8. The lowest BCUT2D eigenvalue weighted by Crippen LogP contribution is -2.48.